The van der Waals surface area contributed by atoms with Crippen molar-refractivity contribution < 1.29 is 17.9 Å². The lowest BCUT2D eigenvalue weighted by Crippen LogP contribution is -2.18. The zero-order valence-corrected chi connectivity index (χ0v) is 27.5. The SMILES string of the molecule is COc1ccc(C(C)(C)c2ccc(Oc3ccc(S(=O)(=O)c4ccc(C)cc4[C@H](C)Br)c([C@H](C)Br)c3)cc2)cc1. The highest BCUT2D eigenvalue weighted by Crippen LogP contribution is 2.39. The molecule has 0 fully saturated rings. The van der Waals surface area contributed by atoms with Gasteiger partial charge in [0.15, 0.2) is 0 Å². The molecule has 0 aromatic heterocycles. The Bertz CT molecular complexity index is 1590. The number of ether oxygens (including phenoxy) is 2. The van der Waals surface area contributed by atoms with E-state index in [2.05, 4.69) is 70.0 Å². The van der Waals surface area contributed by atoms with E-state index in [1.165, 1.54) is 5.56 Å². The Morgan fingerprint density at radius 3 is 1.62 bits per heavy atom. The Kier molecular flexibility index (Phi) is 9.18. The molecule has 0 spiro atoms. The van der Waals surface area contributed by atoms with Gasteiger partial charge in [-0.2, -0.15) is 0 Å². The summed E-state index contributed by atoms with van der Waals surface area (Å²) in [4.78, 5) is 0.255. The van der Waals surface area contributed by atoms with Crippen molar-refractivity contribution >= 4 is 41.7 Å². The van der Waals surface area contributed by atoms with Crippen LogP contribution >= 0.6 is 31.9 Å². The van der Waals surface area contributed by atoms with E-state index in [1.54, 1.807) is 31.4 Å². The van der Waals surface area contributed by atoms with Gasteiger partial charge in [-0.3, -0.25) is 0 Å². The van der Waals surface area contributed by atoms with Crippen LogP contribution in [0.4, 0.5) is 0 Å². The number of alkyl halides is 2. The van der Waals surface area contributed by atoms with Crippen molar-refractivity contribution in [1.29, 1.82) is 0 Å². The predicted octanol–water partition coefficient (Wildman–Crippen LogP) is 9.87. The van der Waals surface area contributed by atoms with Crippen LogP contribution in [-0.2, 0) is 15.3 Å². The van der Waals surface area contributed by atoms with Gasteiger partial charge in [-0.1, -0.05) is 87.7 Å². The third-order valence-corrected chi connectivity index (χ3v) is 10.1. The van der Waals surface area contributed by atoms with Gasteiger partial charge in [0, 0.05) is 15.1 Å². The zero-order valence-electron chi connectivity index (χ0n) is 23.5. The Balaban J connectivity index is 1.63. The number of hydrogen-bond acceptors (Lipinski definition) is 4. The lowest BCUT2D eigenvalue weighted by molar-refractivity contribution is 0.414. The van der Waals surface area contributed by atoms with Gasteiger partial charge >= 0.3 is 0 Å². The molecule has 0 N–H and O–H groups in total. The largest absolute Gasteiger partial charge is 0.497 e. The molecular weight excluding hydrogens is 652 g/mol. The summed E-state index contributed by atoms with van der Waals surface area (Å²) in [5.74, 6) is 2.07. The van der Waals surface area contributed by atoms with Crippen molar-refractivity contribution in [2.24, 2.45) is 0 Å². The summed E-state index contributed by atoms with van der Waals surface area (Å²) in [5.41, 5.74) is 4.52. The van der Waals surface area contributed by atoms with E-state index in [0.717, 1.165) is 22.4 Å². The average Bonchev–Trinajstić information content (AvgIpc) is 2.93. The van der Waals surface area contributed by atoms with E-state index in [4.69, 9.17) is 9.47 Å². The molecule has 4 aromatic carbocycles. The summed E-state index contributed by atoms with van der Waals surface area (Å²) in [6.45, 7) is 10.2. The van der Waals surface area contributed by atoms with Gasteiger partial charge in [0.05, 0.1) is 16.9 Å². The zero-order chi connectivity index (χ0) is 29.2. The van der Waals surface area contributed by atoms with Crippen molar-refractivity contribution in [2.75, 3.05) is 7.11 Å². The number of halogens is 2. The Hall–Kier alpha value is -2.61. The Labute approximate surface area is 254 Å². The number of rotatable bonds is 9. The van der Waals surface area contributed by atoms with E-state index in [1.807, 2.05) is 57.2 Å². The molecule has 0 amide bonds. The third kappa shape index (κ3) is 6.32. The molecule has 0 bridgehead atoms. The van der Waals surface area contributed by atoms with Crippen LogP contribution in [0.3, 0.4) is 0 Å². The number of benzene rings is 4. The summed E-state index contributed by atoms with van der Waals surface area (Å²) >= 11 is 7.17. The summed E-state index contributed by atoms with van der Waals surface area (Å²) < 4.78 is 39.2. The number of aryl methyl sites for hydroxylation is 1. The molecule has 0 saturated carbocycles. The minimum absolute atomic E-state index is 0.109. The van der Waals surface area contributed by atoms with E-state index < -0.39 is 9.84 Å². The number of methoxy groups -OCH3 is 1. The number of sulfone groups is 1. The molecule has 0 aliphatic carbocycles. The second-order valence-electron chi connectivity index (χ2n) is 10.5. The van der Waals surface area contributed by atoms with Crippen LogP contribution in [0.1, 0.15) is 65.2 Å². The van der Waals surface area contributed by atoms with Gasteiger partial charge in [0.25, 0.3) is 0 Å². The first-order valence-electron chi connectivity index (χ1n) is 13.0. The highest BCUT2D eigenvalue weighted by atomic mass is 79.9. The smallest absolute Gasteiger partial charge is 0.207 e. The molecule has 7 heteroatoms. The lowest BCUT2D eigenvalue weighted by Gasteiger charge is -2.26. The van der Waals surface area contributed by atoms with Crippen LogP contribution in [0.15, 0.2) is 94.7 Å². The highest BCUT2D eigenvalue weighted by Gasteiger charge is 2.28. The third-order valence-electron chi connectivity index (χ3n) is 7.21. The number of hydrogen-bond donors (Lipinski definition) is 0. The van der Waals surface area contributed by atoms with Crippen molar-refractivity contribution in [3.05, 3.63) is 113 Å². The standard InChI is InChI=1S/C33H34Br2O4S/c1-21-7-17-31(29(19-21)22(2)34)40(36,37)32-18-16-28(20-30(32)23(3)35)39-27-14-10-25(11-15-27)33(4,5)24-8-12-26(38-6)13-9-24/h7-20,22-23H,1-6H3/t22-,23-/m0/s1. The van der Waals surface area contributed by atoms with Crippen LogP contribution in [-0.4, -0.2) is 15.5 Å². The molecule has 4 rings (SSSR count). The first-order chi connectivity index (χ1) is 18.8. The summed E-state index contributed by atoms with van der Waals surface area (Å²) in [6, 6.07) is 26.7. The van der Waals surface area contributed by atoms with E-state index in [0.29, 0.717) is 22.0 Å². The summed E-state index contributed by atoms with van der Waals surface area (Å²) in [5, 5.41) is 0. The summed E-state index contributed by atoms with van der Waals surface area (Å²) in [6.07, 6.45) is 0. The topological polar surface area (TPSA) is 52.6 Å². The molecule has 0 unspecified atom stereocenters. The van der Waals surface area contributed by atoms with E-state index >= 15 is 0 Å². The Morgan fingerprint density at radius 1 is 0.675 bits per heavy atom. The predicted molar refractivity (Wildman–Crippen MR) is 169 cm³/mol. The molecule has 210 valence electrons. The van der Waals surface area contributed by atoms with Gasteiger partial charge in [0.1, 0.15) is 17.2 Å². The molecule has 4 aromatic rings. The van der Waals surface area contributed by atoms with Crippen LogP contribution in [0.5, 0.6) is 17.2 Å². The van der Waals surface area contributed by atoms with Crippen molar-refractivity contribution in [3.8, 4) is 17.2 Å². The quantitative estimate of drug-likeness (QED) is 0.165. The molecule has 0 saturated heterocycles. The van der Waals surface area contributed by atoms with Gasteiger partial charge in [-0.05, 0) is 91.6 Å². The maximum atomic E-state index is 13.9. The monoisotopic (exact) mass is 684 g/mol. The second-order valence-corrected chi connectivity index (χ2v) is 15.1. The summed E-state index contributed by atoms with van der Waals surface area (Å²) in [7, 11) is -2.11. The first kappa shape index (κ1) is 30.4. The van der Waals surface area contributed by atoms with Gasteiger partial charge in [0.2, 0.25) is 9.84 Å². The average molecular weight is 687 g/mol. The molecule has 4 nitrogen and oxygen atoms in total. The molecule has 0 aliphatic heterocycles. The normalized spacial score (nSPS) is 13.5. The maximum absolute atomic E-state index is 13.9. The first-order valence-corrected chi connectivity index (χ1v) is 16.4. The fourth-order valence-corrected chi connectivity index (χ4v) is 7.62. The van der Waals surface area contributed by atoms with Crippen LogP contribution in [0, 0.1) is 6.92 Å². The van der Waals surface area contributed by atoms with Crippen molar-refractivity contribution in [1.82, 2.24) is 0 Å². The van der Waals surface area contributed by atoms with Gasteiger partial charge in [-0.25, -0.2) is 8.42 Å². The molecule has 0 heterocycles. The van der Waals surface area contributed by atoms with Crippen LogP contribution in [0.2, 0.25) is 0 Å². The molecule has 40 heavy (non-hydrogen) atoms. The molecule has 0 aliphatic rings. The minimum atomic E-state index is -3.77. The van der Waals surface area contributed by atoms with Crippen LogP contribution < -0.4 is 9.47 Å². The van der Waals surface area contributed by atoms with Gasteiger partial charge < -0.3 is 9.47 Å². The fourth-order valence-electron chi connectivity index (χ4n) is 4.74. The lowest BCUT2D eigenvalue weighted by atomic mass is 9.78. The highest BCUT2D eigenvalue weighted by molar-refractivity contribution is 9.09. The molecule has 0 radical (unpaired) electrons. The van der Waals surface area contributed by atoms with Crippen LogP contribution in [0.25, 0.3) is 0 Å². The van der Waals surface area contributed by atoms with Crippen molar-refractivity contribution in [3.63, 3.8) is 0 Å². The minimum Gasteiger partial charge on any atom is -0.497 e. The molecular formula is C33H34Br2O4S. The second kappa shape index (κ2) is 12.1. The van der Waals surface area contributed by atoms with E-state index in [9.17, 15) is 8.42 Å². The Morgan fingerprint density at radius 2 is 1.12 bits per heavy atom. The fraction of sp³-hybridized carbons (Fsp3) is 0.273. The van der Waals surface area contributed by atoms with E-state index in [-0.39, 0.29) is 20.0 Å². The van der Waals surface area contributed by atoms with Gasteiger partial charge in [-0.15, -0.1) is 0 Å². The maximum Gasteiger partial charge on any atom is 0.207 e. The van der Waals surface area contributed by atoms with Crippen molar-refractivity contribution in [2.45, 2.75) is 59.5 Å². The molecule has 2 atom stereocenters.